The third-order valence-electron chi connectivity index (χ3n) is 1.80. The van der Waals surface area contributed by atoms with Gasteiger partial charge in [-0.3, -0.25) is 0 Å². The second kappa shape index (κ2) is 7.51. The van der Waals surface area contributed by atoms with Crippen LogP contribution in [0.3, 0.4) is 0 Å². The van der Waals surface area contributed by atoms with Gasteiger partial charge in [0.05, 0.1) is 19.6 Å². The van der Waals surface area contributed by atoms with E-state index in [0.29, 0.717) is 12.5 Å². The Hall–Kier alpha value is 0.230. The number of rotatable bonds is 7. The molecule has 0 amide bonds. The van der Waals surface area contributed by atoms with Crippen LogP contribution >= 0.6 is 15.9 Å². The van der Waals surface area contributed by atoms with Gasteiger partial charge in [-0.15, -0.1) is 0 Å². The van der Waals surface area contributed by atoms with Crippen molar-refractivity contribution in [3.8, 4) is 0 Å². The zero-order valence-electron chi connectivity index (χ0n) is 8.24. The van der Waals surface area contributed by atoms with Gasteiger partial charge >= 0.3 is 6.18 Å². The molecular weight excluding hydrogens is 261 g/mol. The molecule has 0 spiro atoms. The van der Waals surface area contributed by atoms with Crippen LogP contribution in [0.4, 0.5) is 13.2 Å². The molecule has 1 unspecified atom stereocenters. The summed E-state index contributed by atoms with van der Waals surface area (Å²) < 4.78 is 40.1. The topological polar surface area (TPSA) is 9.23 Å². The van der Waals surface area contributed by atoms with Crippen molar-refractivity contribution in [2.45, 2.75) is 32.4 Å². The number of halogens is 4. The van der Waals surface area contributed by atoms with Gasteiger partial charge in [0, 0.05) is 5.33 Å². The third-order valence-corrected chi connectivity index (χ3v) is 2.71. The quantitative estimate of drug-likeness (QED) is 0.508. The van der Waals surface area contributed by atoms with Crippen molar-refractivity contribution in [2.75, 3.05) is 18.5 Å². The van der Waals surface area contributed by atoms with E-state index in [1.54, 1.807) is 0 Å². The van der Waals surface area contributed by atoms with E-state index in [0.717, 1.165) is 18.2 Å². The molecular formula is C9H16BrF3O. The molecule has 0 N–H and O–H groups in total. The summed E-state index contributed by atoms with van der Waals surface area (Å²) >= 11 is 3.31. The van der Waals surface area contributed by atoms with Gasteiger partial charge in [-0.25, -0.2) is 0 Å². The molecule has 1 nitrogen and oxygen atoms in total. The second-order valence-corrected chi connectivity index (χ2v) is 3.90. The number of alkyl halides is 4. The molecule has 0 bridgehead atoms. The fourth-order valence-corrected chi connectivity index (χ4v) is 1.56. The first-order valence-electron chi connectivity index (χ1n) is 4.70. The summed E-state index contributed by atoms with van der Waals surface area (Å²) in [6.45, 7) is 2.23. The van der Waals surface area contributed by atoms with E-state index in [1.165, 1.54) is 0 Å². The van der Waals surface area contributed by atoms with Gasteiger partial charge in [-0.05, 0) is 12.3 Å². The largest absolute Gasteiger partial charge is 0.391 e. The molecule has 0 aliphatic rings. The van der Waals surface area contributed by atoms with Crippen molar-refractivity contribution in [1.29, 1.82) is 0 Å². The standard InChI is InChI=1S/C9H16BrF3O/c1-2-3-8(6-10)7-14-5-4-9(11,12)13/h8H,2-7H2,1H3. The predicted octanol–water partition coefficient (Wildman–Crippen LogP) is 3.77. The summed E-state index contributed by atoms with van der Waals surface area (Å²) in [7, 11) is 0. The minimum absolute atomic E-state index is 0.225. The van der Waals surface area contributed by atoms with E-state index in [-0.39, 0.29) is 6.61 Å². The summed E-state index contributed by atoms with van der Waals surface area (Å²) in [4.78, 5) is 0. The maximum absolute atomic E-state index is 11.7. The minimum Gasteiger partial charge on any atom is -0.381 e. The lowest BCUT2D eigenvalue weighted by Crippen LogP contribution is -2.16. The first-order chi connectivity index (χ1) is 6.49. The highest BCUT2D eigenvalue weighted by Gasteiger charge is 2.26. The average molecular weight is 277 g/mol. The van der Waals surface area contributed by atoms with Crippen molar-refractivity contribution in [1.82, 2.24) is 0 Å². The average Bonchev–Trinajstić information content (AvgIpc) is 2.08. The fourth-order valence-electron chi connectivity index (χ4n) is 1.05. The smallest absolute Gasteiger partial charge is 0.381 e. The lowest BCUT2D eigenvalue weighted by molar-refractivity contribution is -0.145. The van der Waals surface area contributed by atoms with Gasteiger partial charge in [0.15, 0.2) is 0 Å². The van der Waals surface area contributed by atoms with E-state index in [9.17, 15) is 13.2 Å². The Balaban J connectivity index is 3.42. The van der Waals surface area contributed by atoms with E-state index < -0.39 is 12.6 Å². The molecule has 0 aliphatic carbocycles. The number of hydrogen-bond donors (Lipinski definition) is 0. The summed E-state index contributed by atoms with van der Waals surface area (Å²) in [5.74, 6) is 0.327. The van der Waals surface area contributed by atoms with Crippen LogP contribution in [-0.2, 0) is 4.74 Å². The normalized spacial score (nSPS) is 14.4. The van der Waals surface area contributed by atoms with Gasteiger partial charge in [0.1, 0.15) is 0 Å². The van der Waals surface area contributed by atoms with Gasteiger partial charge in [-0.1, -0.05) is 29.3 Å². The highest BCUT2D eigenvalue weighted by molar-refractivity contribution is 9.09. The molecule has 0 aromatic rings. The highest BCUT2D eigenvalue weighted by atomic mass is 79.9. The van der Waals surface area contributed by atoms with Crippen LogP contribution < -0.4 is 0 Å². The van der Waals surface area contributed by atoms with E-state index in [1.807, 2.05) is 6.92 Å². The van der Waals surface area contributed by atoms with Crippen LogP contribution in [0.15, 0.2) is 0 Å². The van der Waals surface area contributed by atoms with E-state index >= 15 is 0 Å². The number of ether oxygens (including phenoxy) is 1. The molecule has 0 aliphatic heterocycles. The predicted molar refractivity (Wildman–Crippen MR) is 53.7 cm³/mol. The molecule has 86 valence electrons. The molecule has 0 radical (unpaired) electrons. The Labute approximate surface area is 91.1 Å². The molecule has 0 fully saturated rings. The minimum atomic E-state index is -4.10. The van der Waals surface area contributed by atoms with E-state index in [2.05, 4.69) is 15.9 Å². The van der Waals surface area contributed by atoms with Crippen molar-refractivity contribution in [3.05, 3.63) is 0 Å². The Morgan fingerprint density at radius 3 is 2.43 bits per heavy atom. The highest BCUT2D eigenvalue weighted by Crippen LogP contribution is 2.19. The van der Waals surface area contributed by atoms with Crippen LogP contribution in [-0.4, -0.2) is 24.7 Å². The fraction of sp³-hybridized carbons (Fsp3) is 1.00. The Morgan fingerprint density at radius 2 is 2.00 bits per heavy atom. The zero-order valence-corrected chi connectivity index (χ0v) is 9.83. The van der Waals surface area contributed by atoms with Crippen molar-refractivity contribution in [3.63, 3.8) is 0 Å². The second-order valence-electron chi connectivity index (χ2n) is 3.25. The molecule has 5 heteroatoms. The first kappa shape index (κ1) is 14.2. The summed E-state index contributed by atoms with van der Waals surface area (Å²) in [6.07, 6.45) is -2.95. The Morgan fingerprint density at radius 1 is 1.36 bits per heavy atom. The summed E-state index contributed by atoms with van der Waals surface area (Å²) in [5.41, 5.74) is 0. The SMILES string of the molecule is CCCC(CBr)COCCC(F)(F)F. The van der Waals surface area contributed by atoms with Crippen LogP contribution in [0.5, 0.6) is 0 Å². The van der Waals surface area contributed by atoms with Crippen LogP contribution in [0.1, 0.15) is 26.2 Å². The lowest BCUT2D eigenvalue weighted by Gasteiger charge is -2.13. The van der Waals surface area contributed by atoms with Gasteiger partial charge < -0.3 is 4.74 Å². The molecule has 1 atom stereocenters. The molecule has 0 aromatic carbocycles. The molecule has 14 heavy (non-hydrogen) atoms. The zero-order chi connectivity index (χ0) is 11.0. The Bertz CT molecular complexity index is 139. The molecule has 0 heterocycles. The van der Waals surface area contributed by atoms with Crippen LogP contribution in [0.25, 0.3) is 0 Å². The molecule has 0 saturated carbocycles. The first-order valence-corrected chi connectivity index (χ1v) is 5.82. The lowest BCUT2D eigenvalue weighted by atomic mass is 10.1. The van der Waals surface area contributed by atoms with Crippen molar-refractivity contribution < 1.29 is 17.9 Å². The Kier molecular flexibility index (Phi) is 7.64. The monoisotopic (exact) mass is 276 g/mol. The molecule has 0 rings (SSSR count). The number of hydrogen-bond acceptors (Lipinski definition) is 1. The van der Waals surface area contributed by atoms with Gasteiger partial charge in [0.25, 0.3) is 0 Å². The van der Waals surface area contributed by atoms with Gasteiger partial charge in [0.2, 0.25) is 0 Å². The third kappa shape index (κ3) is 8.81. The summed E-state index contributed by atoms with van der Waals surface area (Å²) in [6, 6.07) is 0. The maximum atomic E-state index is 11.7. The van der Waals surface area contributed by atoms with Gasteiger partial charge in [-0.2, -0.15) is 13.2 Å². The van der Waals surface area contributed by atoms with Crippen LogP contribution in [0.2, 0.25) is 0 Å². The van der Waals surface area contributed by atoms with Crippen molar-refractivity contribution >= 4 is 15.9 Å². The van der Waals surface area contributed by atoms with Crippen LogP contribution in [0, 0.1) is 5.92 Å². The molecule has 0 aromatic heterocycles. The van der Waals surface area contributed by atoms with Crippen molar-refractivity contribution in [2.24, 2.45) is 5.92 Å². The van der Waals surface area contributed by atoms with E-state index in [4.69, 9.17) is 4.74 Å². The summed E-state index contributed by atoms with van der Waals surface area (Å²) in [5, 5.41) is 0.785. The maximum Gasteiger partial charge on any atom is 0.391 e. The molecule has 0 saturated heterocycles.